The molecule has 0 atom stereocenters. The van der Waals surface area contributed by atoms with Crippen molar-refractivity contribution in [1.29, 1.82) is 5.26 Å². The average molecular weight is 487 g/mol. The summed E-state index contributed by atoms with van der Waals surface area (Å²) < 4.78 is 19.8. The van der Waals surface area contributed by atoms with E-state index in [2.05, 4.69) is 21.7 Å². The number of amides is 1. The highest BCUT2D eigenvalue weighted by atomic mass is 35.5. The Balaban J connectivity index is 2.23. The van der Waals surface area contributed by atoms with Crippen LogP contribution in [0.2, 0.25) is 5.02 Å². The van der Waals surface area contributed by atoms with Crippen molar-refractivity contribution in [2.75, 3.05) is 23.1 Å². The lowest BCUT2D eigenvalue weighted by Gasteiger charge is -2.17. The van der Waals surface area contributed by atoms with E-state index in [1.165, 1.54) is 24.3 Å². The van der Waals surface area contributed by atoms with Crippen LogP contribution < -0.4 is 15.4 Å². The van der Waals surface area contributed by atoms with E-state index in [0.717, 1.165) is 0 Å². The first-order valence-corrected chi connectivity index (χ1v) is 11.1. The molecule has 0 radical (unpaired) electrons. The van der Waals surface area contributed by atoms with Crippen LogP contribution in [0.5, 0.6) is 5.75 Å². The van der Waals surface area contributed by atoms with Gasteiger partial charge in [0, 0.05) is 29.1 Å². The van der Waals surface area contributed by atoms with Crippen LogP contribution in [-0.2, 0) is 11.2 Å². The number of aromatic nitrogens is 1. The molecule has 2 aromatic carbocycles. The van der Waals surface area contributed by atoms with Gasteiger partial charge in [0.25, 0.3) is 0 Å². The quantitative estimate of drug-likeness (QED) is 0.286. The molecule has 0 aliphatic rings. The number of fused-ring (bicyclic) bond motifs is 1. The third-order valence-electron chi connectivity index (χ3n) is 4.71. The molecule has 0 spiro atoms. The number of carbonyl (C=O) groups is 1. The van der Waals surface area contributed by atoms with Gasteiger partial charge in [0.05, 0.1) is 39.8 Å². The van der Waals surface area contributed by atoms with Crippen molar-refractivity contribution in [3.05, 3.63) is 64.6 Å². The summed E-state index contributed by atoms with van der Waals surface area (Å²) in [5.74, 6) is -0.346. The summed E-state index contributed by atoms with van der Waals surface area (Å²) >= 11 is 11.4. The van der Waals surface area contributed by atoms with Gasteiger partial charge >= 0.3 is 0 Å². The second kappa shape index (κ2) is 11.0. The molecule has 0 saturated heterocycles. The largest absolute Gasteiger partial charge is 0.492 e. The van der Waals surface area contributed by atoms with E-state index in [0.29, 0.717) is 58.0 Å². The number of ether oxygens (including phenoxy) is 1. The third kappa shape index (κ3) is 5.54. The standard InChI is InChI=1S/C24H21Cl2FN4O2/c1-3-19-16(13-28)24(29-14-7-8-17(26)18(27)10-14)15-11-21(31-23(32)6-5-9-25)22(33-4-2)12-20(15)30-19/h5-8,10-12H,3-4,9H2,1-2H3,(H,29,30)(H,31,32)/b6-5+. The summed E-state index contributed by atoms with van der Waals surface area (Å²) in [4.78, 5) is 16.9. The maximum atomic E-state index is 14.0. The minimum Gasteiger partial charge on any atom is -0.492 e. The molecule has 3 rings (SSSR count). The summed E-state index contributed by atoms with van der Waals surface area (Å²) in [6, 6.07) is 9.85. The van der Waals surface area contributed by atoms with Gasteiger partial charge in [-0.1, -0.05) is 24.6 Å². The third-order valence-corrected chi connectivity index (χ3v) is 5.20. The fourth-order valence-electron chi connectivity index (χ4n) is 3.26. The molecule has 9 heteroatoms. The van der Waals surface area contributed by atoms with Gasteiger partial charge in [-0.25, -0.2) is 4.39 Å². The number of aryl methyl sites for hydroxylation is 1. The number of hydrogen-bond acceptors (Lipinski definition) is 5. The van der Waals surface area contributed by atoms with E-state index in [1.807, 2.05) is 13.8 Å². The molecular weight excluding hydrogens is 466 g/mol. The van der Waals surface area contributed by atoms with Crippen molar-refractivity contribution in [3.8, 4) is 11.8 Å². The minimum atomic E-state index is -0.591. The first-order chi connectivity index (χ1) is 15.9. The lowest BCUT2D eigenvalue weighted by atomic mass is 10.0. The van der Waals surface area contributed by atoms with E-state index in [9.17, 15) is 14.4 Å². The van der Waals surface area contributed by atoms with Gasteiger partial charge < -0.3 is 15.4 Å². The van der Waals surface area contributed by atoms with Gasteiger partial charge in [-0.2, -0.15) is 5.26 Å². The number of benzene rings is 2. The molecule has 6 nitrogen and oxygen atoms in total. The zero-order chi connectivity index (χ0) is 24.0. The van der Waals surface area contributed by atoms with Crippen molar-refractivity contribution >= 4 is 57.1 Å². The second-order valence-corrected chi connectivity index (χ2v) is 7.59. The minimum absolute atomic E-state index is 0.00811. The number of alkyl halides is 1. The van der Waals surface area contributed by atoms with Crippen LogP contribution in [0.15, 0.2) is 42.5 Å². The highest BCUT2D eigenvalue weighted by Gasteiger charge is 2.18. The van der Waals surface area contributed by atoms with Gasteiger partial charge in [-0.3, -0.25) is 9.78 Å². The van der Waals surface area contributed by atoms with Crippen LogP contribution in [0, 0.1) is 17.1 Å². The Labute approximate surface area is 201 Å². The number of nitriles is 1. The Morgan fingerprint density at radius 3 is 2.73 bits per heavy atom. The normalized spacial score (nSPS) is 10.9. The number of pyridine rings is 1. The van der Waals surface area contributed by atoms with Crippen LogP contribution in [0.4, 0.5) is 21.5 Å². The molecule has 0 aliphatic carbocycles. The topological polar surface area (TPSA) is 87.0 Å². The smallest absolute Gasteiger partial charge is 0.248 e. The number of halogens is 3. The molecule has 1 amide bonds. The highest BCUT2D eigenvalue weighted by Crippen LogP contribution is 2.37. The number of allylic oxidation sites excluding steroid dienone is 1. The molecule has 33 heavy (non-hydrogen) atoms. The average Bonchev–Trinajstić information content (AvgIpc) is 2.80. The number of nitrogens with zero attached hydrogens (tertiary/aromatic N) is 2. The van der Waals surface area contributed by atoms with Crippen molar-refractivity contribution in [2.45, 2.75) is 20.3 Å². The summed E-state index contributed by atoms with van der Waals surface area (Å²) in [6.45, 7) is 4.09. The van der Waals surface area contributed by atoms with Crippen molar-refractivity contribution in [1.82, 2.24) is 4.98 Å². The van der Waals surface area contributed by atoms with Crippen LogP contribution in [0.1, 0.15) is 25.1 Å². The van der Waals surface area contributed by atoms with E-state index in [-0.39, 0.29) is 16.8 Å². The molecular formula is C24H21Cl2FN4O2. The van der Waals surface area contributed by atoms with Crippen LogP contribution in [-0.4, -0.2) is 23.4 Å². The molecule has 0 saturated carbocycles. The molecule has 0 fully saturated rings. The number of nitrogens with one attached hydrogen (secondary N) is 2. The van der Waals surface area contributed by atoms with Crippen molar-refractivity contribution in [3.63, 3.8) is 0 Å². The summed E-state index contributed by atoms with van der Waals surface area (Å²) in [5.41, 5.74) is 2.70. The van der Waals surface area contributed by atoms with Gasteiger partial charge in [-0.15, -0.1) is 11.6 Å². The van der Waals surface area contributed by atoms with Gasteiger partial charge in [0.1, 0.15) is 17.6 Å². The van der Waals surface area contributed by atoms with Crippen molar-refractivity contribution in [2.24, 2.45) is 0 Å². The molecule has 2 N–H and O–H groups in total. The lowest BCUT2D eigenvalue weighted by Crippen LogP contribution is -2.10. The summed E-state index contributed by atoms with van der Waals surface area (Å²) in [6.07, 6.45) is 3.35. The molecule has 0 aliphatic heterocycles. The van der Waals surface area contributed by atoms with E-state index < -0.39 is 5.82 Å². The fourth-order valence-corrected chi connectivity index (χ4v) is 3.47. The van der Waals surface area contributed by atoms with Crippen LogP contribution >= 0.6 is 23.2 Å². The van der Waals surface area contributed by atoms with Crippen molar-refractivity contribution < 1.29 is 13.9 Å². The molecule has 0 unspecified atom stereocenters. The molecule has 0 bridgehead atoms. The Kier molecular flexibility index (Phi) is 8.10. The van der Waals surface area contributed by atoms with Gasteiger partial charge in [0.15, 0.2) is 0 Å². The zero-order valence-corrected chi connectivity index (χ0v) is 19.5. The number of hydrogen-bond donors (Lipinski definition) is 2. The van der Waals surface area contributed by atoms with E-state index in [1.54, 1.807) is 18.2 Å². The number of anilines is 3. The fraction of sp³-hybridized carbons (Fsp3) is 0.208. The van der Waals surface area contributed by atoms with Gasteiger partial charge in [-0.05, 0) is 37.6 Å². The predicted octanol–water partition coefficient (Wildman–Crippen LogP) is 6.34. The highest BCUT2D eigenvalue weighted by molar-refractivity contribution is 6.30. The number of carbonyl (C=O) groups excluding carboxylic acids is 1. The van der Waals surface area contributed by atoms with Gasteiger partial charge in [0.2, 0.25) is 5.91 Å². The zero-order valence-electron chi connectivity index (χ0n) is 18.0. The Bertz CT molecular complexity index is 1270. The molecule has 1 heterocycles. The monoisotopic (exact) mass is 486 g/mol. The maximum absolute atomic E-state index is 14.0. The lowest BCUT2D eigenvalue weighted by molar-refractivity contribution is -0.111. The Morgan fingerprint density at radius 2 is 2.09 bits per heavy atom. The first-order valence-electron chi connectivity index (χ1n) is 10.2. The van der Waals surface area contributed by atoms with Crippen LogP contribution in [0.3, 0.4) is 0 Å². The van der Waals surface area contributed by atoms with Crippen LogP contribution in [0.25, 0.3) is 10.9 Å². The number of rotatable bonds is 8. The Hall–Kier alpha value is -3.34. The maximum Gasteiger partial charge on any atom is 0.248 e. The van der Waals surface area contributed by atoms with E-state index in [4.69, 9.17) is 27.9 Å². The second-order valence-electron chi connectivity index (χ2n) is 6.87. The predicted molar refractivity (Wildman–Crippen MR) is 130 cm³/mol. The molecule has 170 valence electrons. The van der Waals surface area contributed by atoms with E-state index >= 15 is 0 Å². The molecule has 1 aromatic heterocycles. The summed E-state index contributed by atoms with van der Waals surface area (Å²) in [5, 5.41) is 16.3. The molecule has 3 aromatic rings. The Morgan fingerprint density at radius 1 is 1.30 bits per heavy atom. The first kappa shape index (κ1) is 24.3. The SMILES string of the molecule is CCOc1cc2nc(CC)c(C#N)c(Nc3ccc(Cl)c(F)c3)c2cc1NC(=O)/C=C/CCl. The summed E-state index contributed by atoms with van der Waals surface area (Å²) in [7, 11) is 0.